The number of hydrogen-bond acceptors (Lipinski definition) is 13. The summed E-state index contributed by atoms with van der Waals surface area (Å²) >= 11 is 0. The number of nitrogens with zero attached hydrogens (tertiary/aromatic N) is 2. The van der Waals surface area contributed by atoms with Crippen LogP contribution >= 0.6 is 7.75 Å². The Kier molecular flexibility index (Phi) is 23.3. The molecule has 0 spiro atoms. The van der Waals surface area contributed by atoms with Crippen LogP contribution in [-0.4, -0.2) is 95.7 Å². The van der Waals surface area contributed by atoms with Gasteiger partial charge in [0.1, 0.15) is 41.8 Å². The monoisotopic (exact) mass is 1020 g/mol. The highest BCUT2D eigenvalue weighted by Gasteiger charge is 2.56. The lowest BCUT2D eigenvalue weighted by molar-refractivity contribution is -0.119. The van der Waals surface area contributed by atoms with E-state index in [2.05, 4.69) is 72.8 Å². The molecule has 5 rings (SSSR count). The molecule has 1 aromatic carbocycles. The number of ether oxygens (including phenoxy) is 2. The number of halogens is 3. The minimum atomic E-state index is -4.24. The van der Waals surface area contributed by atoms with Crippen molar-refractivity contribution in [2.24, 2.45) is 0 Å². The van der Waals surface area contributed by atoms with E-state index < -0.39 is 97.5 Å². The second-order valence-electron chi connectivity index (χ2n) is 17.0. The third-order valence-corrected chi connectivity index (χ3v) is 12.7. The molecule has 2 aliphatic rings. The predicted octanol–water partition coefficient (Wildman–Crippen LogP) is 6.24. The average molecular weight is 1020 g/mol. The summed E-state index contributed by atoms with van der Waals surface area (Å²) in [6, 6.07) is 6.73. The number of unbranched alkanes of at least 4 members (excludes halogenated alkanes) is 1. The number of carbonyl (C=O) groups is 1. The molecule has 18 nitrogen and oxygen atoms in total. The maximum Gasteiger partial charge on any atom is 0.458 e. The largest absolute Gasteiger partial charge is 0.458 e. The summed E-state index contributed by atoms with van der Waals surface area (Å²) in [5, 5.41) is 32.0. The molecule has 22 heteroatoms. The van der Waals surface area contributed by atoms with Gasteiger partial charge in [0, 0.05) is 43.9 Å². The molecular formula is C49H65F3N5O13P. The second kappa shape index (κ2) is 28.5. The van der Waals surface area contributed by atoms with E-state index in [9.17, 15) is 47.5 Å². The Morgan fingerprint density at radius 3 is 1.69 bits per heavy atom. The number of Topliss-reactive ketones (excluding diaryl/α,β-unsaturated/α-hetero) is 1. The van der Waals surface area contributed by atoms with E-state index in [1.165, 1.54) is 12.1 Å². The quantitative estimate of drug-likeness (QED) is 0.0296. The van der Waals surface area contributed by atoms with Crippen LogP contribution in [0.2, 0.25) is 0 Å². The first kappa shape index (κ1) is 58.1. The number of aliphatic hydroxyl groups is 3. The van der Waals surface area contributed by atoms with Crippen molar-refractivity contribution in [3.8, 4) is 5.75 Å². The average Bonchev–Trinajstić information content (AvgIpc) is 3.70. The van der Waals surface area contributed by atoms with Crippen molar-refractivity contribution >= 4 is 13.5 Å². The molecule has 0 bridgehead atoms. The minimum absolute atomic E-state index is 0.00856. The van der Waals surface area contributed by atoms with E-state index in [-0.39, 0.29) is 24.5 Å². The fourth-order valence-electron chi connectivity index (χ4n) is 7.26. The third-order valence-electron chi connectivity index (χ3n) is 11.2. The number of nitrogens with one attached hydrogen (secondary N) is 3. The van der Waals surface area contributed by atoms with Gasteiger partial charge in [0.15, 0.2) is 23.8 Å². The topological polar surface area (TPSA) is 253 Å². The molecule has 9 atom stereocenters. The summed E-state index contributed by atoms with van der Waals surface area (Å²) in [7, 11) is -4.24. The molecule has 2 saturated heterocycles. The smallest absolute Gasteiger partial charge is 0.413 e. The van der Waals surface area contributed by atoms with Crippen molar-refractivity contribution in [3.05, 3.63) is 157 Å². The van der Waals surface area contributed by atoms with E-state index in [4.69, 9.17) is 23.6 Å². The van der Waals surface area contributed by atoms with Crippen LogP contribution in [0, 0.1) is 5.82 Å². The number of rotatable bonds is 26. The number of allylic oxidation sites excluding steroid dienone is 10. The molecule has 390 valence electrons. The van der Waals surface area contributed by atoms with Crippen LogP contribution in [-0.2, 0) is 23.4 Å². The Balaban J connectivity index is 0.000000505. The number of aromatic amines is 2. The Morgan fingerprint density at radius 1 is 0.746 bits per heavy atom. The Hall–Kier alpha value is -5.51. The number of H-pyrrole nitrogens is 2. The number of aromatic nitrogens is 4. The van der Waals surface area contributed by atoms with Gasteiger partial charge in [-0.2, -0.15) is 0 Å². The highest BCUT2D eigenvalue weighted by molar-refractivity contribution is 7.52. The summed E-state index contributed by atoms with van der Waals surface area (Å²) in [6.07, 6.45) is 21.6. The van der Waals surface area contributed by atoms with Crippen LogP contribution in [0.4, 0.5) is 13.2 Å². The minimum Gasteiger partial charge on any atom is -0.413 e. The summed E-state index contributed by atoms with van der Waals surface area (Å²) in [6.45, 7) is 3.05. The number of ketones is 1. The molecule has 4 heterocycles. The molecule has 71 heavy (non-hydrogen) atoms. The Morgan fingerprint density at radius 2 is 1.21 bits per heavy atom. The Labute approximate surface area is 408 Å². The van der Waals surface area contributed by atoms with Crippen molar-refractivity contribution < 1.29 is 56.4 Å². The van der Waals surface area contributed by atoms with Crippen molar-refractivity contribution in [1.82, 2.24) is 24.2 Å². The number of alkyl halides is 2. The maximum atomic E-state index is 15.6. The van der Waals surface area contributed by atoms with Gasteiger partial charge in [0.2, 0.25) is 0 Å². The molecule has 0 saturated carbocycles. The van der Waals surface area contributed by atoms with Gasteiger partial charge in [0.05, 0.1) is 13.2 Å². The van der Waals surface area contributed by atoms with Gasteiger partial charge >= 0.3 is 19.1 Å². The lowest BCUT2D eigenvalue weighted by Crippen LogP contribution is -2.43. The number of carbonyl (C=O) groups excluding carboxylic acids is 1. The first-order valence-electron chi connectivity index (χ1n) is 23.3. The molecular weight excluding hydrogens is 955 g/mol. The molecule has 0 amide bonds. The van der Waals surface area contributed by atoms with Gasteiger partial charge in [-0.15, -0.1) is 0 Å². The van der Waals surface area contributed by atoms with Crippen LogP contribution in [0.3, 0.4) is 0 Å². The van der Waals surface area contributed by atoms with Gasteiger partial charge in [-0.05, 0) is 89.5 Å². The summed E-state index contributed by atoms with van der Waals surface area (Å²) in [5.41, 5.74) is -7.86. The van der Waals surface area contributed by atoms with Crippen LogP contribution in [0.1, 0.15) is 97.4 Å². The fourth-order valence-corrected chi connectivity index (χ4v) is 8.64. The normalized spacial score (nSPS) is 25.4. The van der Waals surface area contributed by atoms with Crippen LogP contribution in [0.5, 0.6) is 5.75 Å². The van der Waals surface area contributed by atoms with E-state index in [1.807, 2.05) is 9.97 Å². The van der Waals surface area contributed by atoms with Gasteiger partial charge in [0.25, 0.3) is 11.1 Å². The van der Waals surface area contributed by atoms with E-state index in [0.717, 1.165) is 98.2 Å². The third kappa shape index (κ3) is 17.9. The molecule has 2 aromatic heterocycles. The maximum absolute atomic E-state index is 15.6. The standard InChI is InChI=1S/C39H52F2N3O8P.C10H13FN2O5/c1-3-4-5-6-7-8-9-10-11-12-13-14-15-16-17-18-19-21-32(45)22-20-28-42-53(49,52-33-25-23-31(40)24-26-33)50-30-34-36(47)39(2,41)37(51-34)44-29-27-35(46)43-38(44)48;1-10(11)7(16)5(4-14)18-8(10)13-3-2-6(15)12-9(13)17/h4-5,7-8,10-11,13-14,16-17,23-27,29,34,36-37,47H,3,6,9,12,15,18-22,28,30H2,1-2H3,(H,42,49)(H,43,46,48);2-3,5,7-8,14,16H,4H2,1H3,(H,12,15,17)/b5-4-,8-7-,11-10-,14-13-,17-16-;/t34-,36-,37-,39-,53?;5-,7-,8-,10-/m11/s1. The highest BCUT2D eigenvalue weighted by Crippen LogP contribution is 2.47. The number of aliphatic hydroxyl groups excluding tert-OH is 3. The molecule has 0 radical (unpaired) electrons. The van der Waals surface area contributed by atoms with Crippen LogP contribution in [0.15, 0.2) is 129 Å². The van der Waals surface area contributed by atoms with Crippen molar-refractivity contribution in [1.29, 1.82) is 0 Å². The molecule has 1 unspecified atom stereocenters. The first-order chi connectivity index (χ1) is 33.8. The Bertz CT molecular complexity index is 2590. The first-order valence-corrected chi connectivity index (χ1v) is 24.9. The molecule has 0 aliphatic carbocycles. The van der Waals surface area contributed by atoms with Crippen molar-refractivity contribution in [3.63, 3.8) is 0 Å². The highest BCUT2D eigenvalue weighted by atomic mass is 31.2. The zero-order valence-corrected chi connectivity index (χ0v) is 40.8. The molecule has 6 N–H and O–H groups in total. The van der Waals surface area contributed by atoms with E-state index in [1.54, 1.807) is 0 Å². The number of hydrogen-bond donors (Lipinski definition) is 6. The van der Waals surface area contributed by atoms with Gasteiger partial charge in [-0.25, -0.2) is 32.4 Å². The lowest BCUT2D eigenvalue weighted by atomic mass is 9.98. The lowest BCUT2D eigenvalue weighted by Gasteiger charge is -2.24. The van der Waals surface area contributed by atoms with Gasteiger partial charge < -0.3 is 29.3 Å². The second-order valence-corrected chi connectivity index (χ2v) is 18.7. The summed E-state index contributed by atoms with van der Waals surface area (Å²) in [5.74, 6) is -0.494. The number of benzene rings is 1. The van der Waals surface area contributed by atoms with Crippen LogP contribution in [0.25, 0.3) is 0 Å². The molecule has 3 aromatic rings. The van der Waals surface area contributed by atoms with Crippen molar-refractivity contribution in [2.75, 3.05) is 19.8 Å². The van der Waals surface area contributed by atoms with E-state index in [0.29, 0.717) is 19.3 Å². The molecule has 2 fully saturated rings. The van der Waals surface area contributed by atoms with E-state index >= 15 is 4.39 Å². The zero-order valence-electron chi connectivity index (χ0n) is 39.9. The zero-order chi connectivity index (χ0) is 52.0. The summed E-state index contributed by atoms with van der Waals surface area (Å²) < 4.78 is 80.6. The summed E-state index contributed by atoms with van der Waals surface area (Å²) in [4.78, 5) is 62.6. The molecule has 2 aliphatic heterocycles. The van der Waals surface area contributed by atoms with Gasteiger partial charge in [-0.1, -0.05) is 67.7 Å². The van der Waals surface area contributed by atoms with Crippen molar-refractivity contribution in [2.45, 2.75) is 133 Å². The SMILES string of the molecule is CC/C=C\C/C=C\C/C=C\C/C=C\C/C=C\CCCC(=O)CCCNP(=O)(OC[C@H]1O[C@@H](n2ccc(=O)[nH]c2=O)[C@](C)(F)[C@@H]1O)Oc1ccc(F)cc1.C[C@@]1(F)[C@H](O)[C@@H](CO)O[C@H]1n1ccc(=O)[nH]c1=O. The predicted molar refractivity (Wildman–Crippen MR) is 260 cm³/mol. The fraction of sp³-hybridized carbons (Fsp3) is 0.490. The van der Waals surface area contributed by atoms with Gasteiger partial charge in [-0.3, -0.25) is 38.0 Å². The van der Waals surface area contributed by atoms with Crippen LogP contribution < -0.4 is 32.1 Å².